The normalized spacial score (nSPS) is 14.2. The topological polar surface area (TPSA) is 510 Å². The molecule has 0 radical (unpaired) electrons. The number of fused-ring (bicyclic) bond motifs is 1. The van der Waals surface area contributed by atoms with E-state index in [0.717, 1.165) is 24.3 Å². The van der Waals surface area contributed by atoms with Crippen molar-refractivity contribution in [2.24, 2.45) is 30.2 Å². The zero-order valence-corrected chi connectivity index (χ0v) is 41.2. The van der Waals surface area contributed by atoms with E-state index in [2.05, 4.69) is 60.1 Å². The zero-order valence-electron chi connectivity index (χ0n) is 34.8. The van der Waals surface area contributed by atoms with Crippen molar-refractivity contribution in [2.45, 2.75) is 29.4 Å². The molecule has 0 saturated carbocycles. The van der Waals surface area contributed by atoms with Crippen LogP contribution < -0.4 is 22.5 Å². The molecule has 0 fully saturated rings. The number of rotatable bonds is 12. The molecular weight excluding hydrogens is 1140 g/mol. The average molecular weight is 1170 g/mol. The molecule has 0 spiro atoms. The van der Waals surface area contributed by atoms with Gasteiger partial charge in [0.1, 0.15) is 21.2 Å². The lowest BCUT2D eigenvalue weighted by Crippen LogP contribution is -2.26. The van der Waals surface area contributed by atoms with Crippen molar-refractivity contribution in [3.63, 3.8) is 0 Å². The van der Waals surface area contributed by atoms with E-state index in [1.807, 2.05) is 0 Å². The molecule has 0 aliphatic carbocycles. The van der Waals surface area contributed by atoms with Gasteiger partial charge in [0, 0.05) is 0 Å². The number of phenols is 1. The number of aromatic hydroxyl groups is 1. The lowest BCUT2D eigenvalue weighted by molar-refractivity contribution is 0.471. The Labute approximate surface area is 416 Å². The lowest BCUT2D eigenvalue weighted by Gasteiger charge is -2.12. The van der Waals surface area contributed by atoms with Crippen LogP contribution in [0.1, 0.15) is 0 Å². The van der Waals surface area contributed by atoms with E-state index in [1.165, 1.54) is 12.1 Å². The molecule has 5 aromatic carbocycles. The SMILES string of the molecule is O=S(=O)(O)c1cccc(N=c2nc(Cl)[nH]c(=Nc3cc(S(=O)(=O)O)cc4cc(S(=O)(=O)O)c(N=Nc5cc(N=c6nc(Cl)[nH]c(=Nc7cc(S(=O)(=O)O)cc(S(=O)(=O)O)c7)[nH]6)ccc5S(=O)(=O)O)c(O)c34)[nH]2)c1. The molecule has 0 unspecified atom stereocenters. The van der Waals surface area contributed by atoms with E-state index in [4.69, 9.17) is 23.2 Å². The monoisotopic (exact) mass is 1170 g/mol. The van der Waals surface area contributed by atoms with Crippen molar-refractivity contribution < 1.29 is 82.9 Å². The highest BCUT2D eigenvalue weighted by molar-refractivity contribution is 7.87. The van der Waals surface area contributed by atoms with E-state index < -0.39 is 162 Å². The minimum Gasteiger partial charge on any atom is -0.505 e. The van der Waals surface area contributed by atoms with Gasteiger partial charge >= 0.3 is 0 Å². The molecule has 384 valence electrons. The van der Waals surface area contributed by atoms with Crippen LogP contribution in [0.25, 0.3) is 10.8 Å². The van der Waals surface area contributed by atoms with Gasteiger partial charge in [-0.3, -0.25) is 37.3 Å². The smallest absolute Gasteiger partial charge is 0.296 e. The van der Waals surface area contributed by atoms with E-state index in [0.29, 0.717) is 42.5 Å². The van der Waals surface area contributed by atoms with Crippen LogP contribution >= 0.6 is 23.2 Å². The molecule has 31 nitrogen and oxygen atoms in total. The lowest BCUT2D eigenvalue weighted by atomic mass is 10.1. The molecule has 7 rings (SSSR count). The Hall–Kier alpha value is -6.98. The van der Waals surface area contributed by atoms with Crippen molar-refractivity contribution in [3.05, 3.63) is 112 Å². The number of nitrogens with one attached hydrogen (secondary N) is 4. The molecule has 0 aliphatic heterocycles. The third-order valence-electron chi connectivity index (χ3n) is 8.99. The van der Waals surface area contributed by atoms with Crippen LogP contribution in [0.4, 0.5) is 34.1 Å². The highest BCUT2D eigenvalue weighted by Gasteiger charge is 2.27. The molecule has 0 amide bonds. The number of hydrogen-bond donors (Lipinski definition) is 11. The van der Waals surface area contributed by atoms with Gasteiger partial charge in [-0.15, -0.1) is 10.2 Å². The van der Waals surface area contributed by atoms with Gasteiger partial charge in [0.05, 0.1) is 47.7 Å². The van der Waals surface area contributed by atoms with Crippen LogP contribution in [-0.2, 0) is 60.7 Å². The summed E-state index contributed by atoms with van der Waals surface area (Å²) in [6.45, 7) is 0. The third kappa shape index (κ3) is 13.0. The number of aromatic nitrogens is 6. The van der Waals surface area contributed by atoms with Crippen molar-refractivity contribution in [1.82, 2.24) is 29.9 Å². The van der Waals surface area contributed by atoms with Crippen LogP contribution in [0.15, 0.2) is 138 Å². The minimum atomic E-state index is -5.53. The Balaban J connectivity index is 1.42. The maximum Gasteiger partial charge on any atom is 0.296 e. The summed E-state index contributed by atoms with van der Waals surface area (Å²) in [5.41, 5.74) is -5.56. The molecule has 39 heteroatoms. The fraction of sp³-hybridized carbons (Fsp3) is 0. The standard InChI is InChI=1S/C34H24Cl2N12O19S6/c35-29-41-32(45-33(43-29)39-17-9-20(70(56,57)58)12-21(10-17)71(59,60)61)38-16-4-5-24(72(62,63)64)22(11-16)47-48-27-25(73(65,66)67)7-14-6-19(69(53,54)55)13-23(26(14)28(27)49)40-34-44-30(36)42-31(46-34)37-15-2-1-3-18(8-15)68(50,51)52/h1-13,49H,(H,50,51,52)(H,53,54,55)(H,56,57,58)(H,59,60,61)(H,62,63,64)(H,65,66,67)(H2,37,40,42,44,46)(H2,38,39,41,43,45). The number of nitrogens with zero attached hydrogens (tertiary/aromatic N) is 8. The van der Waals surface area contributed by atoms with Gasteiger partial charge in [0.15, 0.2) is 5.75 Å². The zero-order chi connectivity index (χ0) is 53.8. The second-order valence-electron chi connectivity index (χ2n) is 14.1. The Morgan fingerprint density at radius 3 is 1.45 bits per heavy atom. The first-order valence-corrected chi connectivity index (χ1v) is 27.9. The first kappa shape index (κ1) is 53.8. The minimum absolute atomic E-state index is 0.114. The summed E-state index contributed by atoms with van der Waals surface area (Å²) >= 11 is 12.2. The maximum absolute atomic E-state index is 12.8. The fourth-order valence-corrected chi connectivity index (χ4v) is 9.88. The Bertz CT molecular complexity index is 4510. The van der Waals surface area contributed by atoms with Crippen LogP contribution in [0, 0.1) is 0 Å². The highest BCUT2D eigenvalue weighted by Crippen LogP contribution is 2.46. The molecule has 0 aliphatic rings. The van der Waals surface area contributed by atoms with Crippen LogP contribution in [0.2, 0.25) is 10.6 Å². The Morgan fingerprint density at radius 1 is 0.438 bits per heavy atom. The van der Waals surface area contributed by atoms with Gasteiger partial charge in [-0.25, -0.2) is 20.0 Å². The summed E-state index contributed by atoms with van der Waals surface area (Å²) < 4.78 is 205. The number of hydrogen-bond acceptors (Lipinski definition) is 21. The molecule has 11 N–H and O–H groups in total. The van der Waals surface area contributed by atoms with Crippen molar-refractivity contribution in [1.29, 1.82) is 0 Å². The molecule has 2 aromatic heterocycles. The molecule has 0 atom stereocenters. The van der Waals surface area contributed by atoms with E-state index in [1.54, 1.807) is 0 Å². The molecule has 7 aromatic rings. The molecule has 0 bridgehead atoms. The second kappa shape index (κ2) is 19.5. The quantitative estimate of drug-likeness (QED) is 0.0619. The van der Waals surface area contributed by atoms with E-state index >= 15 is 0 Å². The predicted octanol–water partition coefficient (Wildman–Crippen LogP) is 2.78. The molecular formula is C34H24Cl2N12O19S6. The predicted molar refractivity (Wildman–Crippen MR) is 245 cm³/mol. The summed E-state index contributed by atoms with van der Waals surface area (Å²) in [5.74, 6) is -1.27. The van der Waals surface area contributed by atoms with Crippen LogP contribution in [-0.4, -0.2) is 113 Å². The number of azo groups is 1. The maximum atomic E-state index is 12.8. The van der Waals surface area contributed by atoms with Gasteiger partial charge in [-0.2, -0.15) is 60.5 Å². The summed E-state index contributed by atoms with van der Waals surface area (Å²) in [6.07, 6.45) is 0. The van der Waals surface area contributed by atoms with E-state index in [-0.39, 0.29) is 11.4 Å². The van der Waals surface area contributed by atoms with Crippen molar-refractivity contribution in [3.8, 4) is 5.75 Å². The second-order valence-corrected chi connectivity index (χ2v) is 23.3. The van der Waals surface area contributed by atoms with Crippen molar-refractivity contribution in [2.75, 3.05) is 0 Å². The first-order valence-electron chi connectivity index (χ1n) is 18.5. The van der Waals surface area contributed by atoms with Gasteiger partial charge < -0.3 is 15.1 Å². The summed E-state index contributed by atoms with van der Waals surface area (Å²) in [7, 11) is -30.8. The molecule has 0 saturated heterocycles. The molecule has 73 heavy (non-hydrogen) atoms. The largest absolute Gasteiger partial charge is 0.505 e. The summed E-state index contributed by atoms with van der Waals surface area (Å²) in [6, 6.07) is 10.6. The van der Waals surface area contributed by atoms with Gasteiger partial charge in [0.2, 0.25) is 33.0 Å². The number of halogens is 2. The summed E-state index contributed by atoms with van der Waals surface area (Å²) in [5, 5.41) is 16.9. The fourth-order valence-electron chi connectivity index (χ4n) is 6.06. The van der Waals surface area contributed by atoms with Crippen LogP contribution in [0.5, 0.6) is 5.75 Å². The van der Waals surface area contributed by atoms with Gasteiger partial charge in [0.25, 0.3) is 60.7 Å². The Kier molecular flexibility index (Phi) is 14.3. The van der Waals surface area contributed by atoms with E-state index in [9.17, 15) is 82.9 Å². The number of benzene rings is 5. The molecule has 2 heterocycles. The first-order chi connectivity index (χ1) is 33.6. The summed E-state index contributed by atoms with van der Waals surface area (Å²) in [4.78, 5) is 27.9. The Morgan fingerprint density at radius 2 is 0.932 bits per heavy atom. The van der Waals surface area contributed by atoms with Gasteiger partial charge in [-0.1, -0.05) is 6.07 Å². The average Bonchev–Trinajstić information content (AvgIpc) is 3.23. The van der Waals surface area contributed by atoms with Gasteiger partial charge in [-0.05, 0) is 101 Å². The number of H-pyrrole nitrogens is 4. The third-order valence-corrected chi connectivity index (χ3v) is 14.5. The van der Waals surface area contributed by atoms with Crippen LogP contribution in [0.3, 0.4) is 0 Å². The number of phenolic OH excluding ortho intramolecular Hbond substituents is 1. The highest BCUT2D eigenvalue weighted by atomic mass is 35.5. The van der Waals surface area contributed by atoms with Crippen molar-refractivity contribution >= 4 is 129 Å². The number of aromatic amines is 4.